The van der Waals surface area contributed by atoms with Crippen molar-refractivity contribution < 1.29 is 8.42 Å². The maximum atomic E-state index is 11.7. The van der Waals surface area contributed by atoms with Crippen LogP contribution in [0.15, 0.2) is 4.90 Å². The Bertz CT molecular complexity index is 519. The van der Waals surface area contributed by atoms with Crippen LogP contribution in [0.3, 0.4) is 0 Å². The summed E-state index contributed by atoms with van der Waals surface area (Å²) < 4.78 is 25.3. The second-order valence-electron chi connectivity index (χ2n) is 4.73. The van der Waals surface area contributed by atoms with Gasteiger partial charge in [0.2, 0.25) is 0 Å². The molecule has 1 aromatic rings. The van der Waals surface area contributed by atoms with E-state index < -0.39 is 9.05 Å². The second-order valence-corrected chi connectivity index (χ2v) is 7.23. The minimum Gasteiger partial charge on any atom is -0.268 e. The van der Waals surface area contributed by atoms with Crippen molar-refractivity contribution in [3.05, 3.63) is 11.4 Å². The summed E-state index contributed by atoms with van der Waals surface area (Å²) in [6.45, 7) is 8.88. The topological polar surface area (TPSA) is 52.0 Å². The van der Waals surface area contributed by atoms with E-state index in [-0.39, 0.29) is 4.90 Å². The van der Waals surface area contributed by atoms with Gasteiger partial charge in [-0.25, -0.2) is 8.42 Å². The van der Waals surface area contributed by atoms with Gasteiger partial charge in [0.05, 0.1) is 11.4 Å². The predicted molar refractivity (Wildman–Crippen MR) is 78.1 cm³/mol. The van der Waals surface area contributed by atoms with Gasteiger partial charge in [-0.15, -0.1) is 0 Å². The van der Waals surface area contributed by atoms with Crippen molar-refractivity contribution in [2.75, 3.05) is 0 Å². The Labute approximate surface area is 120 Å². The Morgan fingerprint density at radius 3 is 2.11 bits per heavy atom. The molecule has 0 N–H and O–H groups in total. The van der Waals surface area contributed by atoms with Crippen LogP contribution >= 0.6 is 10.7 Å². The minimum atomic E-state index is -3.73. The van der Waals surface area contributed by atoms with Crippen LogP contribution in [0.5, 0.6) is 0 Å². The monoisotopic (exact) mass is 306 g/mol. The van der Waals surface area contributed by atoms with Crippen molar-refractivity contribution in [2.24, 2.45) is 5.92 Å². The molecule has 0 fully saturated rings. The molecule has 1 heterocycles. The first-order chi connectivity index (χ1) is 8.88. The smallest absolute Gasteiger partial charge is 0.264 e. The zero-order valence-electron chi connectivity index (χ0n) is 12.1. The molecule has 0 radical (unpaired) electrons. The number of hydrogen-bond acceptors (Lipinski definition) is 3. The maximum absolute atomic E-state index is 11.7. The van der Waals surface area contributed by atoms with Crippen molar-refractivity contribution >= 4 is 19.7 Å². The van der Waals surface area contributed by atoms with E-state index in [1.54, 1.807) is 0 Å². The van der Waals surface area contributed by atoms with Crippen molar-refractivity contribution in [3.8, 4) is 0 Å². The fraction of sp³-hybridized carbons (Fsp3) is 0.769. The molecule has 1 rings (SSSR count). The lowest BCUT2D eigenvalue weighted by atomic mass is 10.0. The third-order valence-electron chi connectivity index (χ3n) is 3.58. The van der Waals surface area contributed by atoms with Gasteiger partial charge in [0.1, 0.15) is 4.90 Å². The molecule has 0 saturated heterocycles. The summed E-state index contributed by atoms with van der Waals surface area (Å²) in [7, 11) is 1.84. The van der Waals surface area contributed by atoms with Gasteiger partial charge in [0.15, 0.2) is 0 Å². The highest BCUT2D eigenvalue weighted by Gasteiger charge is 2.25. The van der Waals surface area contributed by atoms with E-state index in [9.17, 15) is 8.42 Å². The maximum Gasteiger partial charge on any atom is 0.264 e. The normalized spacial score (nSPS) is 12.3. The Kier molecular flexibility index (Phi) is 5.86. The molecule has 0 aromatic carbocycles. The quantitative estimate of drug-likeness (QED) is 0.726. The van der Waals surface area contributed by atoms with E-state index in [2.05, 4.69) is 18.9 Å². The van der Waals surface area contributed by atoms with Gasteiger partial charge >= 0.3 is 0 Å². The fourth-order valence-corrected chi connectivity index (χ4v) is 3.87. The Balaban J connectivity index is 3.31. The van der Waals surface area contributed by atoms with Gasteiger partial charge in [0.25, 0.3) is 9.05 Å². The predicted octanol–water partition coefficient (Wildman–Crippen LogP) is 3.37. The first kappa shape index (κ1) is 16.5. The van der Waals surface area contributed by atoms with Gasteiger partial charge in [-0.05, 0) is 18.8 Å². The third kappa shape index (κ3) is 3.72. The molecule has 0 spiro atoms. The zero-order chi connectivity index (χ0) is 14.6. The van der Waals surface area contributed by atoms with Crippen LogP contribution in [0.25, 0.3) is 0 Å². The number of halogens is 1. The van der Waals surface area contributed by atoms with E-state index in [4.69, 9.17) is 10.7 Å². The second kappa shape index (κ2) is 6.75. The largest absolute Gasteiger partial charge is 0.268 e. The lowest BCUT2D eigenvalue weighted by Gasteiger charge is -2.14. The summed E-state index contributed by atoms with van der Waals surface area (Å²) in [5, 5.41) is 4.45. The molecule has 1 aromatic heterocycles. The highest BCUT2D eigenvalue weighted by Crippen LogP contribution is 2.26. The summed E-state index contributed by atoms with van der Waals surface area (Å²) in [5.74, 6) is 0.515. The molecule has 4 nitrogen and oxygen atoms in total. The molecule has 0 aliphatic rings. The highest BCUT2D eigenvalue weighted by atomic mass is 35.7. The number of nitrogens with zero attached hydrogens (tertiary/aromatic N) is 2. The number of aryl methyl sites for hydroxylation is 1. The summed E-state index contributed by atoms with van der Waals surface area (Å²) in [6, 6.07) is 0. The molecule has 6 heteroatoms. The lowest BCUT2D eigenvalue weighted by Crippen LogP contribution is -2.13. The van der Waals surface area contributed by atoms with Crippen LogP contribution in [-0.4, -0.2) is 18.2 Å². The number of rotatable bonds is 7. The summed E-state index contributed by atoms with van der Waals surface area (Å²) >= 11 is 0. The summed E-state index contributed by atoms with van der Waals surface area (Å²) in [5.41, 5.74) is 1.32. The summed E-state index contributed by atoms with van der Waals surface area (Å²) in [4.78, 5) is 0.227. The van der Waals surface area contributed by atoms with Gasteiger partial charge in [-0.2, -0.15) is 5.10 Å². The van der Waals surface area contributed by atoms with Crippen LogP contribution in [0.1, 0.15) is 51.9 Å². The van der Waals surface area contributed by atoms with Gasteiger partial charge < -0.3 is 0 Å². The number of aromatic nitrogens is 2. The minimum absolute atomic E-state index is 0.227. The third-order valence-corrected chi connectivity index (χ3v) is 5.00. The molecular weight excluding hydrogens is 284 g/mol. The Morgan fingerprint density at radius 1 is 1.16 bits per heavy atom. The Morgan fingerprint density at radius 2 is 1.74 bits per heavy atom. The SMILES string of the molecule is CCc1nn(CC(CC)CC)c(CC)c1S(=O)(=O)Cl. The van der Waals surface area contributed by atoms with Crippen LogP contribution in [-0.2, 0) is 28.4 Å². The lowest BCUT2D eigenvalue weighted by molar-refractivity contribution is 0.387. The first-order valence-electron chi connectivity index (χ1n) is 6.92. The van der Waals surface area contributed by atoms with Crippen LogP contribution in [0, 0.1) is 5.92 Å². The van der Waals surface area contributed by atoms with Gasteiger partial charge in [-0.3, -0.25) is 4.68 Å². The van der Waals surface area contributed by atoms with Gasteiger partial charge in [0, 0.05) is 17.2 Å². The molecule has 0 aliphatic heterocycles. The molecule has 110 valence electrons. The summed E-state index contributed by atoms with van der Waals surface area (Å²) in [6.07, 6.45) is 3.31. The molecular formula is C13H23ClN2O2S. The highest BCUT2D eigenvalue weighted by molar-refractivity contribution is 8.13. The molecule has 0 unspecified atom stereocenters. The Hall–Kier alpha value is -0.550. The van der Waals surface area contributed by atoms with E-state index in [1.165, 1.54) is 0 Å². The average molecular weight is 307 g/mol. The molecule has 0 bridgehead atoms. The van der Waals surface area contributed by atoms with Crippen molar-refractivity contribution in [2.45, 2.75) is 64.8 Å². The van der Waals surface area contributed by atoms with Crippen molar-refractivity contribution in [3.63, 3.8) is 0 Å². The standard InChI is InChI=1S/C13H23ClN2O2S/c1-5-10(6-2)9-16-12(8-4)13(19(14,17)18)11(7-3)15-16/h10H,5-9H2,1-4H3. The zero-order valence-corrected chi connectivity index (χ0v) is 13.7. The molecule has 0 saturated carbocycles. The molecule has 0 amide bonds. The van der Waals surface area contributed by atoms with E-state index in [1.807, 2.05) is 18.5 Å². The number of hydrogen-bond donors (Lipinski definition) is 0. The van der Waals surface area contributed by atoms with Crippen LogP contribution in [0.2, 0.25) is 0 Å². The van der Waals surface area contributed by atoms with Crippen LogP contribution in [0.4, 0.5) is 0 Å². The van der Waals surface area contributed by atoms with Crippen molar-refractivity contribution in [1.29, 1.82) is 0 Å². The molecule has 19 heavy (non-hydrogen) atoms. The van der Waals surface area contributed by atoms with Crippen molar-refractivity contribution in [1.82, 2.24) is 9.78 Å². The first-order valence-corrected chi connectivity index (χ1v) is 9.22. The van der Waals surface area contributed by atoms with E-state index >= 15 is 0 Å². The van der Waals surface area contributed by atoms with Gasteiger partial charge in [-0.1, -0.05) is 40.5 Å². The van der Waals surface area contributed by atoms with Crippen LogP contribution < -0.4 is 0 Å². The fourth-order valence-electron chi connectivity index (χ4n) is 2.33. The van der Waals surface area contributed by atoms with E-state index in [0.29, 0.717) is 24.5 Å². The average Bonchev–Trinajstić information content (AvgIpc) is 2.73. The van der Waals surface area contributed by atoms with E-state index in [0.717, 1.165) is 25.1 Å². The molecule has 0 aliphatic carbocycles. The molecule has 0 atom stereocenters.